The fraction of sp³-hybridized carbons (Fsp3) is 0.222. The van der Waals surface area contributed by atoms with Crippen LogP contribution in [0.5, 0.6) is 0 Å². The molecule has 1 aromatic carbocycles. The molecule has 0 spiro atoms. The van der Waals surface area contributed by atoms with Crippen molar-refractivity contribution in [1.82, 2.24) is 0 Å². The molecule has 2 nitrogen and oxygen atoms in total. The van der Waals surface area contributed by atoms with Crippen molar-refractivity contribution >= 4 is 11.6 Å². The highest BCUT2D eigenvalue weighted by molar-refractivity contribution is 5.94. The second-order valence-corrected chi connectivity index (χ2v) is 2.87. The molecule has 0 aliphatic heterocycles. The first-order chi connectivity index (χ1) is 7.30. The molecule has 0 aliphatic carbocycles. The summed E-state index contributed by atoms with van der Waals surface area (Å²) in [6.07, 6.45) is -7.70. The van der Waals surface area contributed by atoms with E-state index in [1.54, 1.807) is 0 Å². The van der Waals surface area contributed by atoms with Crippen LogP contribution in [0.4, 0.5) is 27.6 Å². The van der Waals surface area contributed by atoms with Gasteiger partial charge in [-0.1, -0.05) is 12.1 Å². The van der Waals surface area contributed by atoms with Crippen molar-refractivity contribution in [3.05, 3.63) is 29.8 Å². The molecule has 0 atom stereocenters. The zero-order chi connectivity index (χ0) is 12.3. The van der Waals surface area contributed by atoms with Gasteiger partial charge in [-0.05, 0) is 12.1 Å². The predicted molar refractivity (Wildman–Crippen MR) is 46.1 cm³/mol. The molecular weight excluding hydrogens is 233 g/mol. The van der Waals surface area contributed by atoms with Crippen LogP contribution in [0, 0.1) is 0 Å². The van der Waals surface area contributed by atoms with Crippen molar-refractivity contribution in [1.29, 1.82) is 0 Å². The Morgan fingerprint density at radius 1 is 1.12 bits per heavy atom. The van der Waals surface area contributed by atoms with Crippen LogP contribution in [0.25, 0.3) is 0 Å². The van der Waals surface area contributed by atoms with Gasteiger partial charge in [0, 0.05) is 11.3 Å². The number of rotatable bonds is 2. The zero-order valence-corrected chi connectivity index (χ0v) is 7.68. The monoisotopic (exact) mass is 239 g/mol. The summed E-state index contributed by atoms with van der Waals surface area (Å²) in [4.78, 5) is 10.5. The second-order valence-electron chi connectivity index (χ2n) is 2.87. The zero-order valence-electron chi connectivity index (χ0n) is 7.68. The smallest absolute Gasteiger partial charge is 0.318 e. The number of hydrogen-bond acceptors (Lipinski definition) is 1. The number of alkyl halides is 5. The third kappa shape index (κ3) is 3.18. The third-order valence-electron chi connectivity index (χ3n) is 1.68. The fourth-order valence-electron chi connectivity index (χ4n) is 0.914. The molecule has 0 aliphatic rings. The number of benzene rings is 1. The number of hydrogen-bond donors (Lipinski definition) is 1. The summed E-state index contributed by atoms with van der Waals surface area (Å²) in [5.74, 6) is -2.14. The normalized spacial score (nSPS) is 11.6. The van der Waals surface area contributed by atoms with E-state index >= 15 is 0 Å². The maximum atomic E-state index is 12.1. The Hall–Kier alpha value is -1.66. The molecule has 0 fully saturated rings. The highest BCUT2D eigenvalue weighted by Gasteiger charge is 2.38. The number of amides is 1. The standard InChI is InChI=1S/C9H6F5NO/c10-7(11)5-1-3-6(4-2-5)15-8(16)9(12,13)14/h1-4,7H,(H,15,16). The van der Waals surface area contributed by atoms with E-state index in [1.165, 1.54) is 5.32 Å². The molecule has 1 aromatic rings. The first-order valence-corrected chi connectivity index (χ1v) is 4.07. The van der Waals surface area contributed by atoms with Gasteiger partial charge in [0.1, 0.15) is 0 Å². The number of halogens is 5. The van der Waals surface area contributed by atoms with Crippen molar-refractivity contribution in [2.45, 2.75) is 12.6 Å². The molecule has 7 heteroatoms. The highest BCUT2D eigenvalue weighted by atomic mass is 19.4. The van der Waals surface area contributed by atoms with Crippen molar-refractivity contribution in [2.75, 3.05) is 5.32 Å². The minimum Gasteiger partial charge on any atom is -0.318 e. The summed E-state index contributed by atoms with van der Waals surface area (Å²) in [6, 6.07) is 3.84. The maximum absolute atomic E-state index is 12.1. The fourth-order valence-corrected chi connectivity index (χ4v) is 0.914. The molecule has 0 bridgehead atoms. The lowest BCUT2D eigenvalue weighted by molar-refractivity contribution is -0.167. The second kappa shape index (κ2) is 4.46. The number of carbonyl (C=O) groups is 1. The van der Waals surface area contributed by atoms with E-state index in [1.807, 2.05) is 0 Å². The van der Waals surface area contributed by atoms with Gasteiger partial charge >= 0.3 is 12.1 Å². The predicted octanol–water partition coefficient (Wildman–Crippen LogP) is 3.13. The first-order valence-electron chi connectivity index (χ1n) is 4.07. The molecule has 0 saturated carbocycles. The van der Waals surface area contributed by atoms with Crippen LogP contribution >= 0.6 is 0 Å². The molecule has 0 aromatic heterocycles. The van der Waals surface area contributed by atoms with E-state index in [4.69, 9.17) is 0 Å². The molecule has 1 rings (SSSR count). The molecule has 0 heterocycles. The lowest BCUT2D eigenvalue weighted by Gasteiger charge is -2.08. The van der Waals surface area contributed by atoms with E-state index < -0.39 is 18.5 Å². The summed E-state index contributed by atoms with van der Waals surface area (Å²) in [6.45, 7) is 0. The van der Waals surface area contributed by atoms with Gasteiger partial charge in [0.2, 0.25) is 0 Å². The van der Waals surface area contributed by atoms with Gasteiger partial charge in [-0.3, -0.25) is 4.79 Å². The van der Waals surface area contributed by atoms with Crippen LogP contribution < -0.4 is 5.32 Å². The van der Waals surface area contributed by atoms with Crippen LogP contribution in [-0.2, 0) is 4.79 Å². The van der Waals surface area contributed by atoms with Gasteiger partial charge in [-0.2, -0.15) is 13.2 Å². The van der Waals surface area contributed by atoms with Crippen LogP contribution in [0.1, 0.15) is 12.0 Å². The lowest BCUT2D eigenvalue weighted by Crippen LogP contribution is -2.29. The van der Waals surface area contributed by atoms with Crippen molar-refractivity contribution in [3.63, 3.8) is 0 Å². The Bertz CT molecular complexity index is 370. The first kappa shape index (κ1) is 12.4. The summed E-state index contributed by atoms with van der Waals surface area (Å²) >= 11 is 0. The molecule has 88 valence electrons. The maximum Gasteiger partial charge on any atom is 0.471 e. The quantitative estimate of drug-likeness (QED) is 0.789. The van der Waals surface area contributed by atoms with E-state index in [9.17, 15) is 26.7 Å². The van der Waals surface area contributed by atoms with Crippen LogP contribution in [0.15, 0.2) is 24.3 Å². The van der Waals surface area contributed by atoms with Crippen molar-refractivity contribution in [3.8, 4) is 0 Å². The van der Waals surface area contributed by atoms with Gasteiger partial charge in [-0.15, -0.1) is 0 Å². The molecular formula is C9H6F5NO. The van der Waals surface area contributed by atoms with E-state index in [0.717, 1.165) is 24.3 Å². The molecule has 1 N–H and O–H groups in total. The lowest BCUT2D eigenvalue weighted by atomic mass is 10.2. The van der Waals surface area contributed by atoms with Crippen molar-refractivity contribution in [2.24, 2.45) is 0 Å². The van der Waals surface area contributed by atoms with Crippen LogP contribution in [-0.4, -0.2) is 12.1 Å². The Labute approximate surface area is 87.1 Å². The average Bonchev–Trinajstić information content (AvgIpc) is 2.17. The highest BCUT2D eigenvalue weighted by Crippen LogP contribution is 2.22. The minimum atomic E-state index is -5.00. The van der Waals surface area contributed by atoms with E-state index in [2.05, 4.69) is 0 Å². The molecule has 0 unspecified atom stereocenters. The van der Waals surface area contributed by atoms with Crippen molar-refractivity contribution < 1.29 is 26.7 Å². The van der Waals surface area contributed by atoms with Gasteiger partial charge < -0.3 is 5.32 Å². The Kier molecular flexibility index (Phi) is 3.46. The van der Waals surface area contributed by atoms with Gasteiger partial charge in [0.25, 0.3) is 6.43 Å². The SMILES string of the molecule is O=C(Nc1ccc(C(F)F)cc1)C(F)(F)F. The minimum absolute atomic E-state index is 0.188. The molecule has 1 amide bonds. The molecule has 0 radical (unpaired) electrons. The van der Waals surface area contributed by atoms with Crippen LogP contribution in [0.3, 0.4) is 0 Å². The van der Waals surface area contributed by atoms with Gasteiger partial charge in [0.05, 0.1) is 0 Å². The average molecular weight is 239 g/mol. The number of nitrogens with one attached hydrogen (secondary N) is 1. The van der Waals surface area contributed by atoms with Crippen LogP contribution in [0.2, 0.25) is 0 Å². The Balaban J connectivity index is 2.73. The largest absolute Gasteiger partial charge is 0.471 e. The summed E-state index contributed by atoms with van der Waals surface area (Å²) in [5, 5.41) is 1.54. The summed E-state index contributed by atoms with van der Waals surface area (Å²) in [5.41, 5.74) is -0.517. The number of anilines is 1. The Morgan fingerprint density at radius 3 is 2.00 bits per heavy atom. The van der Waals surface area contributed by atoms with E-state index in [-0.39, 0.29) is 11.3 Å². The summed E-state index contributed by atoms with van der Waals surface area (Å²) in [7, 11) is 0. The summed E-state index contributed by atoms with van der Waals surface area (Å²) < 4.78 is 59.6. The van der Waals surface area contributed by atoms with Gasteiger partial charge in [-0.25, -0.2) is 8.78 Å². The molecule has 16 heavy (non-hydrogen) atoms. The van der Waals surface area contributed by atoms with Gasteiger partial charge in [0.15, 0.2) is 0 Å². The topological polar surface area (TPSA) is 29.1 Å². The number of carbonyl (C=O) groups excluding carboxylic acids is 1. The third-order valence-corrected chi connectivity index (χ3v) is 1.68. The van der Waals surface area contributed by atoms with E-state index in [0.29, 0.717) is 0 Å². The Morgan fingerprint density at radius 2 is 1.62 bits per heavy atom. The molecule has 0 saturated heterocycles.